The first kappa shape index (κ1) is 14.3. The summed E-state index contributed by atoms with van der Waals surface area (Å²) in [5, 5.41) is 6.12. The molecule has 1 heterocycles. The first-order valence-electron chi connectivity index (χ1n) is 7.48. The van der Waals surface area contributed by atoms with Crippen LogP contribution in [0, 0.1) is 5.92 Å². The molecule has 2 amide bonds. The number of nitrogens with one attached hydrogen (secondary N) is 2. The molecule has 0 aromatic rings. The zero-order chi connectivity index (χ0) is 13.7. The van der Waals surface area contributed by atoms with Crippen molar-refractivity contribution in [1.29, 1.82) is 0 Å². The van der Waals surface area contributed by atoms with Crippen LogP contribution in [0.4, 0.5) is 0 Å². The Balaban J connectivity index is 1.80. The van der Waals surface area contributed by atoms with Crippen molar-refractivity contribution in [3.05, 3.63) is 0 Å². The molecule has 2 fully saturated rings. The fraction of sp³-hybridized carbons (Fsp3) is 0.857. The van der Waals surface area contributed by atoms with Gasteiger partial charge in [0.25, 0.3) is 0 Å². The van der Waals surface area contributed by atoms with Gasteiger partial charge in [-0.25, -0.2) is 0 Å². The van der Waals surface area contributed by atoms with E-state index in [1.165, 1.54) is 6.42 Å². The smallest absolute Gasteiger partial charge is 0.244 e. The van der Waals surface area contributed by atoms with Crippen molar-refractivity contribution in [2.45, 2.75) is 45.1 Å². The maximum absolute atomic E-state index is 12.2. The minimum Gasteiger partial charge on any atom is -0.344 e. The molecule has 1 atom stereocenters. The van der Waals surface area contributed by atoms with Crippen LogP contribution in [-0.4, -0.2) is 48.9 Å². The van der Waals surface area contributed by atoms with Gasteiger partial charge in [-0.15, -0.1) is 0 Å². The van der Waals surface area contributed by atoms with Gasteiger partial charge in [-0.3, -0.25) is 9.59 Å². The van der Waals surface area contributed by atoms with E-state index in [-0.39, 0.29) is 17.7 Å². The molecule has 1 saturated carbocycles. The third-order valence-electron chi connectivity index (χ3n) is 4.13. The predicted molar refractivity (Wildman–Crippen MR) is 73.6 cm³/mol. The zero-order valence-electron chi connectivity index (χ0n) is 11.8. The van der Waals surface area contributed by atoms with E-state index in [0.717, 1.165) is 51.9 Å². The zero-order valence-corrected chi connectivity index (χ0v) is 11.8. The third-order valence-corrected chi connectivity index (χ3v) is 4.13. The first-order chi connectivity index (χ1) is 9.18. The van der Waals surface area contributed by atoms with Gasteiger partial charge in [0.05, 0.1) is 0 Å². The van der Waals surface area contributed by atoms with Gasteiger partial charge in [-0.05, 0) is 19.8 Å². The minimum atomic E-state index is -0.396. The Morgan fingerprint density at radius 2 is 1.79 bits per heavy atom. The van der Waals surface area contributed by atoms with E-state index in [9.17, 15) is 9.59 Å². The van der Waals surface area contributed by atoms with Crippen molar-refractivity contribution in [3.63, 3.8) is 0 Å². The largest absolute Gasteiger partial charge is 0.344 e. The summed E-state index contributed by atoms with van der Waals surface area (Å²) in [4.78, 5) is 26.1. The van der Waals surface area contributed by atoms with E-state index < -0.39 is 6.04 Å². The van der Waals surface area contributed by atoms with Gasteiger partial charge < -0.3 is 15.5 Å². The Labute approximate surface area is 115 Å². The van der Waals surface area contributed by atoms with Gasteiger partial charge >= 0.3 is 0 Å². The number of piperazine rings is 1. The van der Waals surface area contributed by atoms with E-state index in [4.69, 9.17) is 0 Å². The van der Waals surface area contributed by atoms with Gasteiger partial charge in [0, 0.05) is 32.1 Å². The van der Waals surface area contributed by atoms with Crippen molar-refractivity contribution in [2.24, 2.45) is 5.92 Å². The topological polar surface area (TPSA) is 61.4 Å². The monoisotopic (exact) mass is 267 g/mol. The summed E-state index contributed by atoms with van der Waals surface area (Å²) in [5.74, 6) is 0.230. The highest BCUT2D eigenvalue weighted by molar-refractivity contribution is 5.88. The molecule has 5 heteroatoms. The molecule has 1 aliphatic carbocycles. The summed E-state index contributed by atoms with van der Waals surface area (Å²) >= 11 is 0. The molecular weight excluding hydrogens is 242 g/mol. The molecule has 2 N–H and O–H groups in total. The lowest BCUT2D eigenvalue weighted by Crippen LogP contribution is -2.53. The van der Waals surface area contributed by atoms with Gasteiger partial charge in [-0.2, -0.15) is 0 Å². The molecule has 108 valence electrons. The van der Waals surface area contributed by atoms with E-state index in [1.807, 2.05) is 4.90 Å². The van der Waals surface area contributed by atoms with Crippen LogP contribution in [-0.2, 0) is 9.59 Å². The SMILES string of the molecule is CC(NC(=O)C1CCCCC1)C(=O)N1CCNCC1. The average Bonchev–Trinajstić information content (AvgIpc) is 2.48. The maximum atomic E-state index is 12.2. The molecule has 1 saturated heterocycles. The number of hydrogen-bond donors (Lipinski definition) is 2. The lowest BCUT2D eigenvalue weighted by molar-refractivity contribution is -0.137. The third kappa shape index (κ3) is 3.93. The Morgan fingerprint density at radius 1 is 1.16 bits per heavy atom. The molecule has 0 aromatic heterocycles. The molecule has 0 bridgehead atoms. The number of rotatable bonds is 3. The molecular formula is C14H25N3O2. The van der Waals surface area contributed by atoms with Crippen molar-refractivity contribution in [2.75, 3.05) is 26.2 Å². The van der Waals surface area contributed by atoms with Crippen LogP contribution < -0.4 is 10.6 Å². The molecule has 1 unspecified atom stereocenters. The van der Waals surface area contributed by atoms with Gasteiger partial charge in [0.1, 0.15) is 6.04 Å². The van der Waals surface area contributed by atoms with Crippen molar-refractivity contribution in [3.8, 4) is 0 Å². The van der Waals surface area contributed by atoms with Crippen molar-refractivity contribution >= 4 is 11.8 Å². The highest BCUT2D eigenvalue weighted by Crippen LogP contribution is 2.23. The van der Waals surface area contributed by atoms with E-state index >= 15 is 0 Å². The molecule has 5 nitrogen and oxygen atoms in total. The lowest BCUT2D eigenvalue weighted by atomic mass is 9.88. The number of nitrogens with zero attached hydrogens (tertiary/aromatic N) is 1. The van der Waals surface area contributed by atoms with Crippen molar-refractivity contribution < 1.29 is 9.59 Å². The predicted octanol–water partition coefficient (Wildman–Crippen LogP) is 0.503. The summed E-state index contributed by atoms with van der Waals surface area (Å²) in [5.41, 5.74) is 0. The number of hydrogen-bond acceptors (Lipinski definition) is 3. The number of carbonyl (C=O) groups excluding carboxylic acids is 2. The van der Waals surface area contributed by atoms with Crippen LogP contribution in [0.3, 0.4) is 0 Å². The van der Waals surface area contributed by atoms with Crippen LogP contribution >= 0.6 is 0 Å². The van der Waals surface area contributed by atoms with Crippen LogP contribution in [0.2, 0.25) is 0 Å². The summed E-state index contributed by atoms with van der Waals surface area (Å²) < 4.78 is 0. The Kier molecular flexibility index (Phi) is 5.19. The standard InChI is InChI=1S/C14H25N3O2/c1-11(14(19)17-9-7-15-8-10-17)16-13(18)12-5-3-2-4-6-12/h11-12,15H,2-10H2,1H3,(H,16,18). The van der Waals surface area contributed by atoms with Gasteiger partial charge in [0.15, 0.2) is 0 Å². The molecule has 1 aliphatic heterocycles. The normalized spacial score (nSPS) is 22.9. The second-order valence-corrected chi connectivity index (χ2v) is 5.64. The summed E-state index contributed by atoms with van der Waals surface area (Å²) in [7, 11) is 0. The minimum absolute atomic E-state index is 0.0469. The average molecular weight is 267 g/mol. The van der Waals surface area contributed by atoms with Gasteiger partial charge in [0.2, 0.25) is 11.8 Å². The molecule has 2 aliphatic rings. The molecule has 0 aromatic carbocycles. The second kappa shape index (κ2) is 6.89. The van der Waals surface area contributed by atoms with E-state index in [2.05, 4.69) is 10.6 Å². The summed E-state index contributed by atoms with van der Waals surface area (Å²) in [6, 6.07) is -0.396. The molecule has 2 rings (SSSR count). The fourth-order valence-corrected chi connectivity index (χ4v) is 2.92. The van der Waals surface area contributed by atoms with E-state index in [1.54, 1.807) is 6.92 Å². The van der Waals surface area contributed by atoms with Crippen LogP contribution in [0.25, 0.3) is 0 Å². The number of amides is 2. The lowest BCUT2D eigenvalue weighted by Gasteiger charge is -2.30. The van der Waals surface area contributed by atoms with Gasteiger partial charge in [-0.1, -0.05) is 19.3 Å². The highest BCUT2D eigenvalue weighted by atomic mass is 16.2. The maximum Gasteiger partial charge on any atom is 0.244 e. The van der Waals surface area contributed by atoms with Crippen LogP contribution in [0.5, 0.6) is 0 Å². The van der Waals surface area contributed by atoms with Crippen LogP contribution in [0.1, 0.15) is 39.0 Å². The highest BCUT2D eigenvalue weighted by Gasteiger charge is 2.27. The summed E-state index contributed by atoms with van der Waals surface area (Å²) in [6.07, 6.45) is 5.45. The molecule has 0 spiro atoms. The Morgan fingerprint density at radius 3 is 2.42 bits per heavy atom. The fourth-order valence-electron chi connectivity index (χ4n) is 2.92. The summed E-state index contributed by atoms with van der Waals surface area (Å²) in [6.45, 7) is 4.96. The Bertz CT molecular complexity index is 321. The van der Waals surface area contributed by atoms with E-state index in [0.29, 0.717) is 0 Å². The molecule has 19 heavy (non-hydrogen) atoms. The van der Waals surface area contributed by atoms with Crippen molar-refractivity contribution in [1.82, 2.24) is 15.5 Å². The first-order valence-corrected chi connectivity index (χ1v) is 7.48. The Hall–Kier alpha value is -1.10. The quantitative estimate of drug-likeness (QED) is 0.783. The molecule has 0 radical (unpaired) electrons. The second-order valence-electron chi connectivity index (χ2n) is 5.64. The number of carbonyl (C=O) groups is 2. The van der Waals surface area contributed by atoms with Crippen LogP contribution in [0.15, 0.2) is 0 Å².